The van der Waals surface area contributed by atoms with Crippen LogP contribution in [0.4, 0.5) is 0 Å². The van der Waals surface area contributed by atoms with Crippen LogP contribution in [-0.4, -0.2) is 38.4 Å². The summed E-state index contributed by atoms with van der Waals surface area (Å²) in [6.45, 7) is 8.21. The van der Waals surface area contributed by atoms with Gasteiger partial charge >= 0.3 is 0 Å². The quantitative estimate of drug-likeness (QED) is 0.0638. The minimum absolute atomic E-state index is 0.0357. The molecule has 5 nitrogen and oxygen atoms in total. The van der Waals surface area contributed by atoms with E-state index in [0.29, 0.717) is 11.1 Å². The van der Waals surface area contributed by atoms with Gasteiger partial charge in [-0.2, -0.15) is 0 Å². The molecule has 0 aromatic carbocycles. The molecule has 0 aliphatic rings. The molecule has 0 aromatic rings. The van der Waals surface area contributed by atoms with E-state index < -0.39 is 0 Å². The van der Waals surface area contributed by atoms with Crippen LogP contribution >= 0.6 is 0 Å². The molecule has 0 heterocycles. The molecule has 0 fully saturated rings. The van der Waals surface area contributed by atoms with Gasteiger partial charge in [0.1, 0.15) is 26.2 Å². The molecule has 0 spiro atoms. The van der Waals surface area contributed by atoms with E-state index in [-0.39, 0.29) is 25.8 Å². The number of hydrogen-bond donors (Lipinski definition) is 0. The second-order valence-electron chi connectivity index (χ2n) is 8.81. The molecule has 0 aliphatic carbocycles. The number of allylic oxidation sites excluding steroid dienone is 2. The highest BCUT2D eigenvalue weighted by Gasteiger charge is 2.10. The van der Waals surface area contributed by atoms with E-state index >= 15 is 0 Å². The second-order valence-corrected chi connectivity index (χ2v) is 8.81. The van der Waals surface area contributed by atoms with E-state index in [0.717, 1.165) is 38.3 Å². The lowest BCUT2D eigenvalue weighted by Gasteiger charge is -2.16. The highest BCUT2D eigenvalue weighted by atomic mass is 16.7. The van der Waals surface area contributed by atoms with Gasteiger partial charge in [0.25, 0.3) is 0 Å². The zero-order valence-electron chi connectivity index (χ0n) is 21.8. The third-order valence-electron chi connectivity index (χ3n) is 5.89. The Labute approximate surface area is 203 Å². The fourth-order valence-electron chi connectivity index (χ4n) is 3.53. The Balaban J connectivity index is 4.01. The van der Waals surface area contributed by atoms with Crippen molar-refractivity contribution in [2.45, 2.75) is 130 Å². The van der Waals surface area contributed by atoms with Crippen molar-refractivity contribution in [2.75, 3.05) is 13.6 Å². The predicted octanol–water partition coefficient (Wildman–Crippen LogP) is 7.48. The first-order valence-corrected chi connectivity index (χ1v) is 13.2. The zero-order chi connectivity index (χ0) is 24.6. The maximum Gasteiger partial charge on any atom is 0.150 e. The number of hydrogen-bond acceptors (Lipinski definition) is 5. The molecule has 0 saturated heterocycles. The van der Waals surface area contributed by atoms with Gasteiger partial charge in [-0.3, -0.25) is 9.59 Å². The molecule has 2 atom stereocenters. The minimum atomic E-state index is -0.317. The molecule has 0 bridgehead atoms. The van der Waals surface area contributed by atoms with E-state index in [1.807, 2.05) is 26.0 Å². The van der Waals surface area contributed by atoms with Crippen molar-refractivity contribution >= 4 is 12.6 Å². The maximum absolute atomic E-state index is 11.4. The Bertz CT molecular complexity index is 480. The molecule has 0 aliphatic heterocycles. The highest BCUT2D eigenvalue weighted by molar-refractivity contribution is 5.74. The fourth-order valence-corrected chi connectivity index (χ4v) is 3.53. The Morgan fingerprint density at radius 1 is 0.606 bits per heavy atom. The van der Waals surface area contributed by atoms with Crippen molar-refractivity contribution in [3.8, 4) is 0 Å². The fraction of sp³-hybridized carbons (Fsp3) is 0.786. The van der Waals surface area contributed by atoms with Crippen LogP contribution in [0.25, 0.3) is 0 Å². The van der Waals surface area contributed by atoms with Crippen molar-refractivity contribution in [2.24, 2.45) is 0 Å². The summed E-state index contributed by atoms with van der Waals surface area (Å²) < 4.78 is 16.6. The van der Waals surface area contributed by atoms with Crippen LogP contribution in [0, 0.1) is 0 Å². The monoisotopic (exact) mass is 466 g/mol. The average Bonchev–Trinajstić information content (AvgIpc) is 2.82. The molecule has 2 unspecified atom stereocenters. The maximum atomic E-state index is 11.4. The molecule has 0 N–H and O–H groups in total. The van der Waals surface area contributed by atoms with Crippen LogP contribution in [0.1, 0.15) is 118 Å². The lowest BCUT2D eigenvalue weighted by Crippen LogP contribution is -2.19. The van der Waals surface area contributed by atoms with Gasteiger partial charge in [-0.05, 0) is 39.5 Å². The summed E-state index contributed by atoms with van der Waals surface area (Å²) in [5.41, 5.74) is 1.31. The predicted molar refractivity (Wildman–Crippen MR) is 136 cm³/mol. The summed E-state index contributed by atoms with van der Waals surface area (Å²) in [4.78, 5) is 22.7. The largest absolute Gasteiger partial charge is 0.348 e. The Morgan fingerprint density at radius 3 is 1.33 bits per heavy atom. The molecular formula is C28H50O5. The smallest absolute Gasteiger partial charge is 0.150 e. The molecule has 0 saturated carbocycles. The van der Waals surface area contributed by atoms with Crippen molar-refractivity contribution in [3.05, 3.63) is 23.3 Å². The Kier molecular flexibility index (Phi) is 22.9. The number of rotatable bonds is 24. The van der Waals surface area contributed by atoms with Crippen LogP contribution < -0.4 is 0 Å². The van der Waals surface area contributed by atoms with Gasteiger partial charge in [0.15, 0.2) is 0 Å². The number of carbonyl (C=O) groups excluding carboxylic acids is 2. The van der Waals surface area contributed by atoms with Crippen molar-refractivity contribution in [1.29, 1.82) is 0 Å². The average molecular weight is 467 g/mol. The van der Waals surface area contributed by atoms with Crippen molar-refractivity contribution in [1.82, 2.24) is 0 Å². The van der Waals surface area contributed by atoms with Gasteiger partial charge in [-0.15, -0.1) is 0 Å². The highest BCUT2D eigenvalue weighted by Crippen LogP contribution is 2.12. The van der Waals surface area contributed by atoms with Gasteiger partial charge in [0, 0.05) is 11.1 Å². The van der Waals surface area contributed by atoms with Crippen molar-refractivity contribution in [3.63, 3.8) is 0 Å². The van der Waals surface area contributed by atoms with Crippen LogP contribution in [0.2, 0.25) is 0 Å². The summed E-state index contributed by atoms with van der Waals surface area (Å²) in [5, 5.41) is 0. The minimum Gasteiger partial charge on any atom is -0.348 e. The number of aldehydes is 2. The topological polar surface area (TPSA) is 61.8 Å². The Morgan fingerprint density at radius 2 is 0.970 bits per heavy atom. The number of unbranched alkanes of at least 4 members (excludes halogenated alkanes) is 12. The van der Waals surface area contributed by atoms with Crippen LogP contribution in [0.3, 0.4) is 0 Å². The first-order chi connectivity index (χ1) is 16.1. The SMILES string of the molecule is CCCCCCCCC=C(C=O)C(C)OCOCOC(C)C(C=O)=CCCCCCCCC. The Hall–Kier alpha value is -1.30. The normalized spacial score (nSPS) is 14.3. The van der Waals surface area contributed by atoms with E-state index in [1.54, 1.807) is 0 Å². The van der Waals surface area contributed by atoms with Crippen LogP contribution in [-0.2, 0) is 23.8 Å². The summed E-state index contributed by atoms with van der Waals surface area (Å²) in [6, 6.07) is 0. The van der Waals surface area contributed by atoms with E-state index in [2.05, 4.69) is 13.8 Å². The van der Waals surface area contributed by atoms with Crippen LogP contribution in [0.15, 0.2) is 23.3 Å². The summed E-state index contributed by atoms with van der Waals surface area (Å²) in [6.07, 6.45) is 21.7. The molecule has 0 rings (SSSR count). The third-order valence-corrected chi connectivity index (χ3v) is 5.89. The number of carbonyl (C=O) groups is 2. The van der Waals surface area contributed by atoms with Crippen LogP contribution in [0.5, 0.6) is 0 Å². The van der Waals surface area contributed by atoms with Gasteiger partial charge in [-0.1, -0.05) is 90.2 Å². The molecule has 0 aromatic heterocycles. The molecule has 192 valence electrons. The molecular weight excluding hydrogens is 416 g/mol. The first-order valence-electron chi connectivity index (χ1n) is 13.2. The molecule has 0 amide bonds. The lowest BCUT2D eigenvalue weighted by molar-refractivity contribution is -0.151. The zero-order valence-corrected chi connectivity index (χ0v) is 21.8. The van der Waals surface area contributed by atoms with Gasteiger partial charge in [0.05, 0.1) is 12.2 Å². The van der Waals surface area contributed by atoms with Gasteiger partial charge in [-0.25, -0.2) is 0 Å². The summed E-state index contributed by atoms with van der Waals surface area (Å²) in [5.74, 6) is 0. The molecule has 0 radical (unpaired) electrons. The first kappa shape index (κ1) is 31.7. The van der Waals surface area contributed by atoms with E-state index in [9.17, 15) is 9.59 Å². The lowest BCUT2D eigenvalue weighted by atomic mass is 10.1. The third kappa shape index (κ3) is 18.8. The van der Waals surface area contributed by atoms with E-state index in [4.69, 9.17) is 14.2 Å². The summed E-state index contributed by atoms with van der Waals surface area (Å²) in [7, 11) is 0. The van der Waals surface area contributed by atoms with Crippen molar-refractivity contribution < 1.29 is 23.8 Å². The van der Waals surface area contributed by atoms with Gasteiger partial charge < -0.3 is 14.2 Å². The molecule has 33 heavy (non-hydrogen) atoms. The molecule has 5 heteroatoms. The second kappa shape index (κ2) is 23.8. The summed E-state index contributed by atoms with van der Waals surface area (Å²) >= 11 is 0. The van der Waals surface area contributed by atoms with Gasteiger partial charge in [0.2, 0.25) is 0 Å². The number of ether oxygens (including phenoxy) is 3. The standard InChI is InChI=1S/C28H50O5/c1-5-7-9-11-13-15-17-19-27(21-29)25(3)32-23-31-24-33-26(4)28(22-30)20-18-16-14-12-10-8-6-2/h19-22,25-26H,5-18,23-24H2,1-4H3. The van der Waals surface area contributed by atoms with E-state index in [1.165, 1.54) is 64.2 Å².